The Balaban J connectivity index is 0.00000138. The molecule has 0 bridgehead atoms. The third-order valence-corrected chi connectivity index (χ3v) is 6.06. The molecule has 2 aromatic carbocycles. The summed E-state index contributed by atoms with van der Waals surface area (Å²) in [5, 5.41) is 26.5. The van der Waals surface area contributed by atoms with Crippen LogP contribution in [0.1, 0.15) is 61.9 Å². The number of alkyl halides is 1. The zero-order valence-electron chi connectivity index (χ0n) is 23.5. The van der Waals surface area contributed by atoms with Gasteiger partial charge in [-0.3, -0.25) is 10.3 Å². The molecule has 214 valence electrons. The Morgan fingerprint density at radius 3 is 2.37 bits per heavy atom. The number of allylic oxidation sites excluding steroid dienone is 5. The van der Waals surface area contributed by atoms with E-state index in [9.17, 15) is 24.1 Å². The fraction of sp³-hybridized carbons (Fsp3) is 0.312. The summed E-state index contributed by atoms with van der Waals surface area (Å²) in [6.45, 7) is 10.2. The highest BCUT2D eigenvalue weighted by Crippen LogP contribution is 2.37. The number of benzene rings is 2. The van der Waals surface area contributed by atoms with E-state index in [1.807, 2.05) is 24.3 Å². The first-order valence-corrected chi connectivity index (χ1v) is 13.2. The van der Waals surface area contributed by atoms with Crippen LogP contribution in [0.3, 0.4) is 0 Å². The third kappa shape index (κ3) is 10.5. The van der Waals surface area contributed by atoms with Crippen molar-refractivity contribution in [1.82, 2.24) is 4.90 Å². The van der Waals surface area contributed by atoms with Gasteiger partial charge in [-0.2, -0.15) is 10.5 Å². The maximum atomic E-state index is 13.6. The Bertz CT molecular complexity index is 1380. The van der Waals surface area contributed by atoms with Crippen molar-refractivity contribution < 1.29 is 18.3 Å². The minimum Gasteiger partial charge on any atom is -0.391 e. The van der Waals surface area contributed by atoms with Gasteiger partial charge in [0.05, 0.1) is 35.5 Å². The molecule has 1 fully saturated rings. The van der Waals surface area contributed by atoms with Gasteiger partial charge in [-0.15, -0.1) is 0 Å². The number of likely N-dealkylation sites (tertiary alicyclic amines) is 1. The van der Waals surface area contributed by atoms with E-state index in [1.165, 1.54) is 19.9 Å². The number of halogens is 2. The molecule has 1 heterocycles. The maximum absolute atomic E-state index is 13.6. The van der Waals surface area contributed by atoms with Gasteiger partial charge in [-0.1, -0.05) is 43.3 Å². The number of amides is 1. The van der Waals surface area contributed by atoms with E-state index in [2.05, 4.69) is 17.5 Å². The summed E-state index contributed by atoms with van der Waals surface area (Å²) >= 11 is 0. The number of hydrogen-bond donors (Lipinski definition) is 2. The van der Waals surface area contributed by atoms with Crippen molar-refractivity contribution in [3.63, 3.8) is 0 Å². The number of carbonyl (C=O) groups is 1. The zero-order valence-corrected chi connectivity index (χ0v) is 23.5. The molecule has 3 N–H and O–H groups in total. The molecule has 0 saturated carbocycles. The van der Waals surface area contributed by atoms with Gasteiger partial charge in [0.1, 0.15) is 5.83 Å². The number of primary amides is 1. The van der Waals surface area contributed by atoms with Crippen molar-refractivity contribution in [2.75, 3.05) is 13.1 Å². The molecule has 0 spiro atoms. The monoisotopic (exact) mass is 559 g/mol. The lowest BCUT2D eigenvalue weighted by molar-refractivity contribution is 0.0693. The SMILES string of the molecule is C=C(/C=C(C#N)\C=C(\F)CC)CC1CN(C(c2ccc(C#N)cc2)c2cccc(C(=N)OC(N)=O)c2)C1.CC(C)F. The van der Waals surface area contributed by atoms with E-state index in [0.717, 1.165) is 29.8 Å². The summed E-state index contributed by atoms with van der Waals surface area (Å²) in [5.74, 6) is -0.388. The summed E-state index contributed by atoms with van der Waals surface area (Å²) in [6.07, 6.45) is 2.05. The molecule has 41 heavy (non-hydrogen) atoms. The summed E-state index contributed by atoms with van der Waals surface area (Å²) in [6, 6.07) is 18.5. The van der Waals surface area contributed by atoms with Gasteiger partial charge in [-0.05, 0) is 80.2 Å². The number of rotatable bonds is 9. The summed E-state index contributed by atoms with van der Waals surface area (Å²) in [4.78, 5) is 13.4. The predicted octanol–water partition coefficient (Wildman–Crippen LogP) is 7.02. The molecule has 1 aliphatic heterocycles. The number of nitrogens with two attached hydrogens (primary N) is 1. The van der Waals surface area contributed by atoms with Gasteiger partial charge in [0.25, 0.3) is 0 Å². The molecule has 1 amide bonds. The molecule has 1 saturated heterocycles. The number of nitrogens with zero attached hydrogens (tertiary/aromatic N) is 3. The predicted molar refractivity (Wildman–Crippen MR) is 155 cm³/mol. The average Bonchev–Trinajstić information content (AvgIpc) is 2.91. The minimum atomic E-state index is -1.05. The molecule has 9 heteroatoms. The summed E-state index contributed by atoms with van der Waals surface area (Å²) < 4.78 is 29.3. The van der Waals surface area contributed by atoms with E-state index >= 15 is 0 Å². The van der Waals surface area contributed by atoms with E-state index in [1.54, 1.807) is 43.3 Å². The lowest BCUT2D eigenvalue weighted by Crippen LogP contribution is -2.48. The maximum Gasteiger partial charge on any atom is 0.411 e. The van der Waals surface area contributed by atoms with Crippen LogP contribution in [0.25, 0.3) is 0 Å². The normalized spacial score (nSPS) is 14.5. The highest BCUT2D eigenvalue weighted by Gasteiger charge is 2.34. The largest absolute Gasteiger partial charge is 0.411 e. The molecule has 1 aliphatic rings. The van der Waals surface area contributed by atoms with Crippen molar-refractivity contribution in [2.24, 2.45) is 11.7 Å². The van der Waals surface area contributed by atoms with Crippen LogP contribution in [0.15, 0.2) is 84.2 Å². The number of carbonyl (C=O) groups excluding carboxylic acids is 1. The van der Waals surface area contributed by atoms with Crippen LogP contribution >= 0.6 is 0 Å². The van der Waals surface area contributed by atoms with Gasteiger partial charge in [-0.25, -0.2) is 13.6 Å². The highest BCUT2D eigenvalue weighted by atomic mass is 19.1. The van der Waals surface area contributed by atoms with Crippen molar-refractivity contribution in [3.05, 3.63) is 106 Å². The molecule has 0 aromatic heterocycles. The first-order chi connectivity index (χ1) is 19.5. The minimum absolute atomic E-state index is 0.162. The van der Waals surface area contributed by atoms with Crippen LogP contribution < -0.4 is 5.73 Å². The smallest absolute Gasteiger partial charge is 0.391 e. The summed E-state index contributed by atoms with van der Waals surface area (Å²) in [5.41, 5.74) is 8.91. The number of nitrogens with one attached hydrogen (secondary N) is 1. The molecular formula is C32H35F2N5O2. The van der Waals surface area contributed by atoms with Gasteiger partial charge < -0.3 is 10.5 Å². The number of ether oxygens (including phenoxy) is 1. The van der Waals surface area contributed by atoms with Gasteiger partial charge in [0, 0.05) is 18.7 Å². The van der Waals surface area contributed by atoms with Crippen molar-refractivity contribution in [1.29, 1.82) is 15.9 Å². The Labute approximate surface area is 240 Å². The van der Waals surface area contributed by atoms with E-state index in [-0.39, 0.29) is 29.8 Å². The van der Waals surface area contributed by atoms with Crippen molar-refractivity contribution in [2.45, 2.75) is 45.8 Å². The average molecular weight is 560 g/mol. The Hall–Kier alpha value is -4.60. The topological polar surface area (TPSA) is 127 Å². The Morgan fingerprint density at radius 1 is 1.20 bits per heavy atom. The molecule has 7 nitrogen and oxygen atoms in total. The van der Waals surface area contributed by atoms with Gasteiger partial charge in [0.15, 0.2) is 0 Å². The van der Waals surface area contributed by atoms with Gasteiger partial charge >= 0.3 is 6.09 Å². The lowest BCUT2D eigenvalue weighted by Gasteiger charge is -2.45. The number of hydrogen-bond acceptors (Lipinski definition) is 6. The van der Waals surface area contributed by atoms with Gasteiger partial charge in [0.2, 0.25) is 5.90 Å². The third-order valence-electron chi connectivity index (χ3n) is 6.06. The highest BCUT2D eigenvalue weighted by molar-refractivity contribution is 5.97. The first-order valence-electron chi connectivity index (χ1n) is 13.2. The fourth-order valence-electron chi connectivity index (χ4n) is 4.34. The molecule has 1 atom stereocenters. The molecule has 1 unspecified atom stereocenters. The number of nitriles is 2. The summed E-state index contributed by atoms with van der Waals surface area (Å²) in [7, 11) is 0. The van der Waals surface area contributed by atoms with Crippen molar-refractivity contribution in [3.8, 4) is 12.1 Å². The van der Waals surface area contributed by atoms with Crippen LogP contribution in [-0.4, -0.2) is 36.2 Å². The van der Waals surface area contributed by atoms with Crippen LogP contribution in [0.4, 0.5) is 13.6 Å². The van der Waals surface area contributed by atoms with E-state index in [4.69, 9.17) is 15.9 Å². The Kier molecular flexibility index (Phi) is 12.6. The van der Waals surface area contributed by atoms with E-state index < -0.39 is 12.3 Å². The first kappa shape index (κ1) is 32.6. The molecule has 0 radical (unpaired) electrons. The van der Waals surface area contributed by atoms with Crippen LogP contribution in [0.5, 0.6) is 0 Å². The second kappa shape index (κ2) is 15.9. The van der Waals surface area contributed by atoms with Crippen molar-refractivity contribution >= 4 is 12.0 Å². The van der Waals surface area contributed by atoms with E-state index in [0.29, 0.717) is 23.5 Å². The molecular weight excluding hydrogens is 524 g/mol. The second-order valence-corrected chi connectivity index (χ2v) is 9.86. The standard InChI is InChI=1S/C29H28FN5O2.C3H7F/c1-3-26(30)13-21(16-32)11-19(2)12-22-17-35(18-22)27(23-9-7-20(15-31)8-10-23)24-5-4-6-25(14-24)28(33)37-29(34)36;1-3(2)4/h4-11,13-14,22,27,33H,2-3,12,17-18H2,1H3,(H2,34,36);3H,1-2H3/b21-11+,26-13+,33-28?;. The fourth-order valence-corrected chi connectivity index (χ4v) is 4.34. The van der Waals surface area contributed by atoms with Crippen LogP contribution in [0, 0.1) is 34.0 Å². The Morgan fingerprint density at radius 2 is 1.83 bits per heavy atom. The van der Waals surface area contributed by atoms with Crippen LogP contribution in [0.2, 0.25) is 0 Å². The quantitative estimate of drug-likeness (QED) is 0.148. The molecule has 2 aromatic rings. The lowest BCUT2D eigenvalue weighted by atomic mass is 9.86. The zero-order chi connectivity index (χ0) is 30.5. The second-order valence-electron chi connectivity index (χ2n) is 9.86. The van der Waals surface area contributed by atoms with Crippen LogP contribution in [-0.2, 0) is 4.74 Å². The molecule has 0 aliphatic carbocycles. The molecule has 3 rings (SSSR count).